The number of hydrogen-bond acceptors (Lipinski definition) is 3. The van der Waals surface area contributed by atoms with Crippen LogP contribution in [0.1, 0.15) is 6.42 Å². The van der Waals surface area contributed by atoms with E-state index in [1.54, 1.807) is 36.4 Å². The summed E-state index contributed by atoms with van der Waals surface area (Å²) in [5, 5.41) is 13.2. The molecule has 148 valence electrons. The minimum absolute atomic E-state index is 0.0216. The van der Waals surface area contributed by atoms with Gasteiger partial charge in [0.05, 0.1) is 11.8 Å². The number of rotatable bonds is 5. The van der Waals surface area contributed by atoms with Crippen molar-refractivity contribution in [2.24, 2.45) is 35.5 Å². The molecule has 0 heterocycles. The lowest BCUT2D eigenvalue weighted by molar-refractivity contribution is -0.152. The largest absolute Gasteiger partial charge is 0.481 e. The summed E-state index contributed by atoms with van der Waals surface area (Å²) in [6, 6.07) is 14.1. The molecule has 0 aromatic heterocycles. The number of carboxylic acids is 1. The van der Waals surface area contributed by atoms with Crippen LogP contribution in [-0.2, 0) is 9.59 Å². The molecule has 2 aromatic rings. The minimum atomic E-state index is -0.875. The highest BCUT2D eigenvalue weighted by Gasteiger charge is 2.62. The number of benzene rings is 2. The van der Waals surface area contributed by atoms with Crippen LogP contribution in [0.25, 0.3) is 0 Å². The summed E-state index contributed by atoms with van der Waals surface area (Å²) in [6.45, 7) is 0. The molecule has 2 N–H and O–H groups in total. The summed E-state index contributed by atoms with van der Waals surface area (Å²) in [7, 11) is 0. The molecule has 29 heavy (non-hydrogen) atoms. The predicted octanol–water partition coefficient (Wildman–Crippen LogP) is 4.84. The zero-order chi connectivity index (χ0) is 20.1. The molecule has 0 unspecified atom stereocenters. The Balaban J connectivity index is 1.29. The van der Waals surface area contributed by atoms with Gasteiger partial charge in [-0.25, -0.2) is 0 Å². The van der Waals surface area contributed by atoms with Crippen LogP contribution in [0.4, 0.5) is 5.69 Å². The maximum absolute atomic E-state index is 13.0. The lowest BCUT2D eigenvalue weighted by Crippen LogP contribution is -2.48. The number of hydrogen-bond donors (Lipinski definition) is 2. The molecule has 2 fully saturated rings. The topological polar surface area (TPSA) is 75.6 Å². The number of anilines is 1. The van der Waals surface area contributed by atoms with Crippen LogP contribution in [0.15, 0.2) is 60.7 Å². The fourth-order valence-electron chi connectivity index (χ4n) is 5.07. The lowest BCUT2D eigenvalue weighted by atomic mass is 9.62. The van der Waals surface area contributed by atoms with Crippen LogP contribution in [0, 0.1) is 35.5 Å². The first-order valence-corrected chi connectivity index (χ1v) is 10.1. The van der Waals surface area contributed by atoms with Crippen LogP contribution in [0.3, 0.4) is 0 Å². The van der Waals surface area contributed by atoms with E-state index in [2.05, 4.69) is 11.4 Å². The van der Waals surface area contributed by atoms with Crippen LogP contribution in [0.5, 0.6) is 11.5 Å². The average molecular weight is 410 g/mol. The van der Waals surface area contributed by atoms with E-state index in [0.29, 0.717) is 34.0 Å². The van der Waals surface area contributed by atoms with Gasteiger partial charge in [-0.1, -0.05) is 29.8 Å². The third-order valence-corrected chi connectivity index (χ3v) is 6.63. The molecule has 2 bridgehead atoms. The number of carbonyl (C=O) groups excluding carboxylic acids is 1. The summed E-state index contributed by atoms with van der Waals surface area (Å²) in [5.41, 5.74) is 0.621. The molecular formula is C23H20ClNO4. The summed E-state index contributed by atoms with van der Waals surface area (Å²) >= 11 is 5.97. The molecule has 0 radical (unpaired) electrons. The Morgan fingerprint density at radius 2 is 1.66 bits per heavy atom. The van der Waals surface area contributed by atoms with E-state index in [1.165, 1.54) is 0 Å². The fourth-order valence-corrected chi connectivity index (χ4v) is 5.25. The number of carbonyl (C=O) groups is 2. The van der Waals surface area contributed by atoms with Crippen LogP contribution < -0.4 is 10.1 Å². The fraction of sp³-hybridized carbons (Fsp3) is 0.304. The number of ether oxygens (including phenoxy) is 1. The van der Waals surface area contributed by atoms with Crippen LogP contribution >= 0.6 is 11.6 Å². The van der Waals surface area contributed by atoms with Crippen molar-refractivity contribution >= 4 is 29.2 Å². The smallest absolute Gasteiger partial charge is 0.307 e. The zero-order valence-corrected chi connectivity index (χ0v) is 16.3. The highest BCUT2D eigenvalue weighted by Crippen LogP contribution is 2.63. The van der Waals surface area contributed by atoms with Gasteiger partial charge in [-0.2, -0.15) is 0 Å². The molecule has 0 saturated heterocycles. The maximum atomic E-state index is 13.0. The van der Waals surface area contributed by atoms with Crippen molar-refractivity contribution < 1.29 is 19.4 Å². The first kappa shape index (κ1) is 18.3. The van der Waals surface area contributed by atoms with Crippen molar-refractivity contribution in [1.29, 1.82) is 0 Å². The van der Waals surface area contributed by atoms with Gasteiger partial charge in [0.1, 0.15) is 11.5 Å². The first-order chi connectivity index (χ1) is 14.0. The lowest BCUT2D eigenvalue weighted by Gasteiger charge is -2.41. The molecule has 2 saturated carbocycles. The molecule has 4 aliphatic rings. The Morgan fingerprint density at radius 3 is 2.31 bits per heavy atom. The van der Waals surface area contributed by atoms with Gasteiger partial charge in [-0.05, 0) is 72.6 Å². The molecule has 6 rings (SSSR count). The monoisotopic (exact) mass is 409 g/mol. The van der Waals surface area contributed by atoms with E-state index < -0.39 is 17.8 Å². The third kappa shape index (κ3) is 3.29. The van der Waals surface area contributed by atoms with Gasteiger partial charge in [-0.15, -0.1) is 0 Å². The number of amides is 1. The van der Waals surface area contributed by atoms with E-state index in [0.717, 1.165) is 6.42 Å². The Labute approximate surface area is 173 Å². The normalized spacial score (nSPS) is 31.1. The van der Waals surface area contributed by atoms with Gasteiger partial charge in [0.15, 0.2) is 0 Å². The molecule has 5 nitrogen and oxygen atoms in total. The Bertz CT molecular complexity index is 1000. The van der Waals surface area contributed by atoms with Crippen molar-refractivity contribution in [1.82, 2.24) is 0 Å². The van der Waals surface area contributed by atoms with E-state index in [4.69, 9.17) is 16.3 Å². The molecule has 0 spiro atoms. The number of aliphatic carboxylic acids is 1. The molecular weight excluding hydrogens is 390 g/mol. The van der Waals surface area contributed by atoms with Gasteiger partial charge in [0.25, 0.3) is 0 Å². The third-order valence-electron chi connectivity index (χ3n) is 6.39. The van der Waals surface area contributed by atoms with Crippen molar-refractivity contribution in [3.8, 4) is 11.5 Å². The average Bonchev–Trinajstić information content (AvgIpc) is 3.51. The number of allylic oxidation sites excluding steroid dienone is 2. The standard InChI is InChI=1S/C23H20ClNO4/c24-12-2-1-3-15(10-12)29-14-6-4-13(5-7-14)25-22(26)20-16-8-9-17(19-11-18(16)19)21(20)23(27)28/h1-10,16-21H,11H2,(H,25,26)(H,27,28)/t16-,17-,18-,19-,20+,21+/m0/s1. The van der Waals surface area contributed by atoms with Crippen LogP contribution in [-0.4, -0.2) is 17.0 Å². The number of halogens is 1. The SMILES string of the molecule is O=C(O)[C@@H]1[C@H]2C=C[C@@H]([C@@H]3C[C@@H]23)[C@H]1C(=O)Nc1ccc(Oc2cccc(Cl)c2)cc1. The van der Waals surface area contributed by atoms with Gasteiger partial charge in [0, 0.05) is 10.7 Å². The molecule has 2 aromatic carbocycles. The molecule has 6 atom stereocenters. The van der Waals surface area contributed by atoms with E-state index in [-0.39, 0.29) is 17.7 Å². The van der Waals surface area contributed by atoms with Gasteiger partial charge in [0.2, 0.25) is 5.91 Å². The molecule has 0 aliphatic heterocycles. The Morgan fingerprint density at radius 1 is 0.966 bits per heavy atom. The van der Waals surface area contributed by atoms with Gasteiger partial charge < -0.3 is 15.2 Å². The van der Waals surface area contributed by atoms with Crippen LogP contribution in [0.2, 0.25) is 5.02 Å². The van der Waals surface area contributed by atoms with E-state index >= 15 is 0 Å². The van der Waals surface area contributed by atoms with E-state index in [1.807, 2.05) is 18.2 Å². The summed E-state index contributed by atoms with van der Waals surface area (Å²) in [4.78, 5) is 24.9. The predicted molar refractivity (Wildman–Crippen MR) is 109 cm³/mol. The quantitative estimate of drug-likeness (QED) is 0.693. The highest BCUT2D eigenvalue weighted by atomic mass is 35.5. The van der Waals surface area contributed by atoms with Crippen molar-refractivity contribution in [3.05, 3.63) is 65.7 Å². The number of nitrogens with one attached hydrogen (secondary N) is 1. The molecule has 6 heteroatoms. The summed E-state index contributed by atoms with van der Waals surface area (Å²) in [6.07, 6.45) is 5.11. The second kappa shape index (κ2) is 6.92. The zero-order valence-electron chi connectivity index (χ0n) is 15.5. The second-order valence-corrected chi connectivity index (χ2v) is 8.50. The number of fused-ring (bicyclic) bond motifs is 1. The molecule has 4 aliphatic carbocycles. The highest BCUT2D eigenvalue weighted by molar-refractivity contribution is 6.30. The van der Waals surface area contributed by atoms with Crippen molar-refractivity contribution in [2.75, 3.05) is 5.32 Å². The first-order valence-electron chi connectivity index (χ1n) is 9.77. The Kier molecular flexibility index (Phi) is 4.36. The summed E-state index contributed by atoms with van der Waals surface area (Å²) < 4.78 is 5.76. The van der Waals surface area contributed by atoms with E-state index in [9.17, 15) is 14.7 Å². The Hall–Kier alpha value is -2.79. The van der Waals surface area contributed by atoms with Crippen molar-refractivity contribution in [3.63, 3.8) is 0 Å². The second-order valence-electron chi connectivity index (χ2n) is 8.07. The van der Waals surface area contributed by atoms with Crippen molar-refractivity contribution in [2.45, 2.75) is 6.42 Å². The minimum Gasteiger partial charge on any atom is -0.481 e. The summed E-state index contributed by atoms with van der Waals surface area (Å²) in [5.74, 6) is -0.0959. The number of carboxylic acid groups (broad SMARTS) is 1. The van der Waals surface area contributed by atoms with Gasteiger partial charge >= 0.3 is 5.97 Å². The molecule has 1 amide bonds. The maximum Gasteiger partial charge on any atom is 0.307 e. The van der Waals surface area contributed by atoms with Gasteiger partial charge in [-0.3, -0.25) is 9.59 Å².